The van der Waals surface area contributed by atoms with E-state index in [1.54, 1.807) is 6.07 Å². The molecule has 23 heavy (non-hydrogen) atoms. The molecule has 0 bridgehead atoms. The molecular weight excluding hydrogens is 341 g/mol. The Labute approximate surface area is 148 Å². The number of nitrogens with one attached hydrogen (secondary N) is 1. The predicted octanol–water partition coefficient (Wildman–Crippen LogP) is 2.89. The van der Waals surface area contributed by atoms with Gasteiger partial charge in [0.1, 0.15) is 0 Å². The highest BCUT2D eigenvalue weighted by atomic mass is 35.5. The van der Waals surface area contributed by atoms with Crippen LogP contribution in [0.2, 0.25) is 0 Å². The number of hydrogen-bond donors (Lipinski definition) is 2. The van der Waals surface area contributed by atoms with Crippen LogP contribution in [0.1, 0.15) is 30.9 Å². The average Bonchev–Trinajstić information content (AvgIpc) is 2.44. The summed E-state index contributed by atoms with van der Waals surface area (Å²) in [5.74, 6) is 0.323. The first-order chi connectivity index (χ1) is 10.2. The van der Waals surface area contributed by atoms with E-state index in [2.05, 4.69) is 10.2 Å². The van der Waals surface area contributed by atoms with Crippen LogP contribution in [0.4, 0.5) is 5.69 Å². The number of halogens is 2. The number of nitro benzene ring substituents is 1. The van der Waals surface area contributed by atoms with E-state index in [1.807, 2.05) is 6.07 Å². The molecule has 8 heteroatoms. The van der Waals surface area contributed by atoms with E-state index in [0.29, 0.717) is 5.92 Å². The lowest BCUT2D eigenvalue weighted by atomic mass is 9.76. The molecule has 0 spiro atoms. The zero-order valence-corrected chi connectivity index (χ0v) is 14.4. The lowest BCUT2D eigenvalue weighted by Gasteiger charge is -2.43. The van der Waals surface area contributed by atoms with Gasteiger partial charge in [-0.2, -0.15) is 0 Å². The van der Waals surface area contributed by atoms with E-state index in [4.69, 9.17) is 0 Å². The van der Waals surface area contributed by atoms with Crippen LogP contribution in [0, 0.1) is 16.0 Å². The third kappa shape index (κ3) is 4.26. The van der Waals surface area contributed by atoms with Crippen LogP contribution in [0.5, 0.6) is 5.75 Å². The number of phenols is 1. The van der Waals surface area contributed by atoms with Gasteiger partial charge in [-0.05, 0) is 30.4 Å². The number of piperazine rings is 1. The van der Waals surface area contributed by atoms with Gasteiger partial charge in [-0.25, -0.2) is 0 Å². The number of nitrogens with zero attached hydrogens (tertiary/aromatic N) is 2. The summed E-state index contributed by atoms with van der Waals surface area (Å²) in [5, 5.41) is 24.0. The predicted molar refractivity (Wildman–Crippen MR) is 93.8 cm³/mol. The van der Waals surface area contributed by atoms with E-state index < -0.39 is 4.92 Å². The molecule has 0 radical (unpaired) electrons. The van der Waals surface area contributed by atoms with Crippen LogP contribution in [0.15, 0.2) is 18.2 Å². The molecule has 1 saturated heterocycles. The van der Waals surface area contributed by atoms with Crippen molar-refractivity contribution < 1.29 is 10.0 Å². The van der Waals surface area contributed by atoms with E-state index >= 15 is 0 Å². The summed E-state index contributed by atoms with van der Waals surface area (Å²) in [6, 6.07) is 5.09. The van der Waals surface area contributed by atoms with Gasteiger partial charge in [-0.3, -0.25) is 15.0 Å². The number of hydrogen-bond acceptors (Lipinski definition) is 5. The van der Waals surface area contributed by atoms with Crippen LogP contribution in [-0.2, 0) is 0 Å². The largest absolute Gasteiger partial charge is 0.502 e. The Balaban J connectivity index is 0.00000132. The van der Waals surface area contributed by atoms with Crippen LogP contribution in [0.25, 0.3) is 0 Å². The molecule has 1 aliphatic carbocycles. The quantitative estimate of drug-likeness (QED) is 0.635. The smallest absolute Gasteiger partial charge is 0.311 e. The highest BCUT2D eigenvalue weighted by Crippen LogP contribution is 2.43. The third-order valence-corrected chi connectivity index (χ3v) is 4.68. The second-order valence-electron chi connectivity index (χ2n) is 5.93. The Bertz CT molecular complexity index is 535. The van der Waals surface area contributed by atoms with Gasteiger partial charge < -0.3 is 10.4 Å². The standard InChI is InChI=1S/C15H21N3O3.2ClH/c19-14-5-4-12(10-13(14)18(20)21)15(11-2-1-3-11)17-8-6-16-7-9-17;;/h4-5,10-11,15-16,19H,1-3,6-9H2;2*1H/t15-;;/m0../s1. The molecule has 130 valence electrons. The van der Waals surface area contributed by atoms with Crippen molar-refractivity contribution in [3.8, 4) is 5.75 Å². The number of phenolic OH excluding ortho intramolecular Hbond substituents is 1. The molecule has 1 atom stereocenters. The Morgan fingerprint density at radius 1 is 1.26 bits per heavy atom. The van der Waals surface area contributed by atoms with E-state index in [0.717, 1.165) is 31.7 Å². The summed E-state index contributed by atoms with van der Waals surface area (Å²) in [5.41, 5.74) is 0.776. The van der Waals surface area contributed by atoms with Crippen molar-refractivity contribution in [2.24, 2.45) is 5.92 Å². The molecule has 1 heterocycles. The van der Waals surface area contributed by atoms with Crippen LogP contribution in [0.3, 0.4) is 0 Å². The van der Waals surface area contributed by atoms with Crippen molar-refractivity contribution in [2.45, 2.75) is 25.3 Å². The van der Waals surface area contributed by atoms with Crippen molar-refractivity contribution in [1.29, 1.82) is 0 Å². The molecule has 0 amide bonds. The topological polar surface area (TPSA) is 78.6 Å². The molecule has 2 fully saturated rings. The minimum absolute atomic E-state index is 0. The highest BCUT2D eigenvalue weighted by Gasteiger charge is 2.34. The first-order valence-electron chi connectivity index (χ1n) is 7.59. The summed E-state index contributed by atoms with van der Waals surface area (Å²) >= 11 is 0. The van der Waals surface area contributed by atoms with Gasteiger partial charge in [0.15, 0.2) is 5.75 Å². The minimum atomic E-state index is -0.506. The summed E-state index contributed by atoms with van der Waals surface area (Å²) in [6.45, 7) is 3.86. The van der Waals surface area contributed by atoms with Crippen molar-refractivity contribution in [2.75, 3.05) is 26.2 Å². The maximum absolute atomic E-state index is 11.0. The summed E-state index contributed by atoms with van der Waals surface area (Å²) in [4.78, 5) is 13.0. The number of nitro groups is 1. The average molecular weight is 364 g/mol. The van der Waals surface area contributed by atoms with E-state index in [-0.39, 0.29) is 42.3 Å². The van der Waals surface area contributed by atoms with Crippen LogP contribution < -0.4 is 5.32 Å². The summed E-state index contributed by atoms with van der Waals surface area (Å²) < 4.78 is 0. The molecule has 1 saturated carbocycles. The maximum atomic E-state index is 11.0. The van der Waals surface area contributed by atoms with E-state index in [1.165, 1.54) is 25.3 Å². The molecule has 1 aliphatic heterocycles. The fraction of sp³-hybridized carbons (Fsp3) is 0.600. The Morgan fingerprint density at radius 2 is 1.91 bits per heavy atom. The second kappa shape index (κ2) is 8.68. The van der Waals surface area contributed by atoms with Crippen molar-refractivity contribution in [1.82, 2.24) is 10.2 Å². The molecule has 0 unspecified atom stereocenters. The van der Waals surface area contributed by atoms with Crippen molar-refractivity contribution in [3.63, 3.8) is 0 Å². The molecule has 0 aromatic heterocycles. The fourth-order valence-electron chi connectivity index (χ4n) is 3.37. The van der Waals surface area contributed by atoms with Gasteiger partial charge in [0.2, 0.25) is 0 Å². The zero-order chi connectivity index (χ0) is 14.8. The monoisotopic (exact) mass is 363 g/mol. The van der Waals surface area contributed by atoms with Gasteiger partial charge in [-0.15, -0.1) is 24.8 Å². The first kappa shape index (κ1) is 20.0. The van der Waals surface area contributed by atoms with Crippen LogP contribution in [-0.4, -0.2) is 41.1 Å². The van der Waals surface area contributed by atoms with Crippen molar-refractivity contribution >= 4 is 30.5 Å². The summed E-state index contributed by atoms with van der Waals surface area (Å²) in [7, 11) is 0. The fourth-order valence-corrected chi connectivity index (χ4v) is 3.37. The maximum Gasteiger partial charge on any atom is 0.311 e. The molecular formula is C15H23Cl2N3O3. The summed E-state index contributed by atoms with van der Waals surface area (Å²) in [6.07, 6.45) is 3.61. The molecule has 2 N–H and O–H groups in total. The van der Waals surface area contributed by atoms with Gasteiger partial charge >= 0.3 is 5.69 Å². The van der Waals surface area contributed by atoms with Gasteiger partial charge in [0, 0.05) is 38.3 Å². The number of rotatable bonds is 4. The molecule has 6 nitrogen and oxygen atoms in total. The molecule has 1 aromatic rings. The first-order valence-corrected chi connectivity index (χ1v) is 7.59. The number of aromatic hydroxyl groups is 1. The molecule has 1 aromatic carbocycles. The molecule has 2 aliphatic rings. The normalized spacial score (nSPS) is 19.8. The SMILES string of the molecule is Cl.Cl.O=[N+]([O-])c1cc([C@H](C2CCC2)N2CCNCC2)ccc1O. The minimum Gasteiger partial charge on any atom is -0.502 e. The lowest BCUT2D eigenvalue weighted by molar-refractivity contribution is -0.386. The Hall–Kier alpha value is -1.08. The number of benzene rings is 1. The van der Waals surface area contributed by atoms with Gasteiger partial charge in [-0.1, -0.05) is 12.5 Å². The van der Waals surface area contributed by atoms with Crippen LogP contribution >= 0.6 is 24.8 Å². The molecule has 3 rings (SSSR count). The Kier molecular flexibility index (Phi) is 7.54. The Morgan fingerprint density at radius 3 is 2.43 bits per heavy atom. The van der Waals surface area contributed by atoms with Gasteiger partial charge in [0.05, 0.1) is 4.92 Å². The highest BCUT2D eigenvalue weighted by molar-refractivity contribution is 5.85. The van der Waals surface area contributed by atoms with Crippen molar-refractivity contribution in [3.05, 3.63) is 33.9 Å². The van der Waals surface area contributed by atoms with Gasteiger partial charge in [0.25, 0.3) is 0 Å². The lowest BCUT2D eigenvalue weighted by Crippen LogP contribution is -2.47. The van der Waals surface area contributed by atoms with E-state index in [9.17, 15) is 15.2 Å². The zero-order valence-electron chi connectivity index (χ0n) is 12.8. The second-order valence-corrected chi connectivity index (χ2v) is 5.93. The third-order valence-electron chi connectivity index (χ3n) is 4.68.